The summed E-state index contributed by atoms with van der Waals surface area (Å²) >= 11 is 0. The number of anilines is 1. The molecule has 0 saturated carbocycles. The average molecular weight is 262 g/mol. The van der Waals surface area contributed by atoms with E-state index in [9.17, 15) is 0 Å². The summed E-state index contributed by atoms with van der Waals surface area (Å²) in [4.78, 5) is 2.37. The summed E-state index contributed by atoms with van der Waals surface area (Å²) < 4.78 is 0. The summed E-state index contributed by atoms with van der Waals surface area (Å²) in [5.74, 6) is 0. The molecule has 2 nitrogen and oxygen atoms in total. The summed E-state index contributed by atoms with van der Waals surface area (Å²) in [6, 6.07) is 6.67. The molecule has 0 fully saturated rings. The van der Waals surface area contributed by atoms with E-state index in [2.05, 4.69) is 57.8 Å². The van der Waals surface area contributed by atoms with Gasteiger partial charge in [-0.2, -0.15) is 0 Å². The molecular formula is C17H30N2. The van der Waals surface area contributed by atoms with Crippen molar-refractivity contribution < 1.29 is 0 Å². The zero-order valence-electron chi connectivity index (χ0n) is 13.3. The zero-order valence-corrected chi connectivity index (χ0v) is 13.3. The van der Waals surface area contributed by atoms with Crippen LogP contribution in [0.1, 0.15) is 44.2 Å². The molecule has 1 rings (SSSR count). The number of benzene rings is 1. The molecule has 1 aromatic carbocycles. The summed E-state index contributed by atoms with van der Waals surface area (Å²) in [5, 5.41) is 0. The molecule has 0 aliphatic carbocycles. The van der Waals surface area contributed by atoms with Gasteiger partial charge in [-0.3, -0.25) is 0 Å². The van der Waals surface area contributed by atoms with Gasteiger partial charge in [0.15, 0.2) is 0 Å². The van der Waals surface area contributed by atoms with Crippen molar-refractivity contribution in [3.63, 3.8) is 0 Å². The van der Waals surface area contributed by atoms with Gasteiger partial charge in [-0.25, -0.2) is 0 Å². The Morgan fingerprint density at radius 3 is 2.42 bits per heavy atom. The Morgan fingerprint density at radius 1 is 1.16 bits per heavy atom. The van der Waals surface area contributed by atoms with Crippen molar-refractivity contribution in [1.82, 2.24) is 0 Å². The van der Waals surface area contributed by atoms with Crippen LogP contribution in [0, 0.1) is 19.3 Å². The van der Waals surface area contributed by atoms with Crippen LogP contribution in [-0.2, 0) is 0 Å². The normalized spacial score (nSPS) is 11.7. The zero-order chi connectivity index (χ0) is 14.5. The highest BCUT2D eigenvalue weighted by Gasteiger charge is 2.14. The molecular weight excluding hydrogens is 232 g/mol. The lowest BCUT2D eigenvalue weighted by atomic mass is 9.87. The molecule has 0 aromatic heterocycles. The second kappa shape index (κ2) is 6.95. The van der Waals surface area contributed by atoms with Crippen molar-refractivity contribution in [2.75, 3.05) is 25.0 Å². The highest BCUT2D eigenvalue weighted by atomic mass is 15.1. The van der Waals surface area contributed by atoms with Gasteiger partial charge in [-0.05, 0) is 50.3 Å². The standard InChI is InChI=1S/C17H30N2/c1-14-8-9-16(15(2)12-14)19(5)11-7-6-10-17(3,4)13-18/h8-9,12H,6-7,10-11,13,18H2,1-5H3. The Bertz CT molecular complexity index is 396. The largest absolute Gasteiger partial charge is 0.374 e. The van der Waals surface area contributed by atoms with Gasteiger partial charge in [0.05, 0.1) is 0 Å². The first kappa shape index (κ1) is 16.0. The maximum absolute atomic E-state index is 5.76. The van der Waals surface area contributed by atoms with Gasteiger partial charge in [0.25, 0.3) is 0 Å². The van der Waals surface area contributed by atoms with E-state index in [0.29, 0.717) is 5.41 Å². The summed E-state index contributed by atoms with van der Waals surface area (Å²) in [5.41, 5.74) is 10.1. The minimum Gasteiger partial charge on any atom is -0.374 e. The lowest BCUT2D eigenvalue weighted by Gasteiger charge is -2.24. The summed E-state index contributed by atoms with van der Waals surface area (Å²) in [6.45, 7) is 10.7. The van der Waals surface area contributed by atoms with Crippen LogP contribution in [0.5, 0.6) is 0 Å². The van der Waals surface area contributed by atoms with Gasteiger partial charge < -0.3 is 10.6 Å². The van der Waals surface area contributed by atoms with Gasteiger partial charge in [0.2, 0.25) is 0 Å². The lowest BCUT2D eigenvalue weighted by Crippen LogP contribution is -2.24. The van der Waals surface area contributed by atoms with Crippen molar-refractivity contribution in [1.29, 1.82) is 0 Å². The molecule has 0 aliphatic heterocycles. The first-order valence-corrected chi connectivity index (χ1v) is 7.34. The summed E-state index contributed by atoms with van der Waals surface area (Å²) in [6.07, 6.45) is 3.69. The van der Waals surface area contributed by atoms with Gasteiger partial charge in [0, 0.05) is 19.3 Å². The lowest BCUT2D eigenvalue weighted by molar-refractivity contribution is 0.333. The average Bonchev–Trinajstić information content (AvgIpc) is 2.34. The van der Waals surface area contributed by atoms with Gasteiger partial charge in [-0.15, -0.1) is 0 Å². The van der Waals surface area contributed by atoms with Crippen LogP contribution in [0.3, 0.4) is 0 Å². The van der Waals surface area contributed by atoms with Crippen molar-refractivity contribution >= 4 is 5.69 Å². The number of unbranched alkanes of at least 4 members (excludes halogenated alkanes) is 1. The highest BCUT2D eigenvalue weighted by molar-refractivity contribution is 5.53. The number of hydrogen-bond donors (Lipinski definition) is 1. The van der Waals surface area contributed by atoms with Gasteiger partial charge in [-0.1, -0.05) is 38.0 Å². The quantitative estimate of drug-likeness (QED) is 0.755. The van der Waals surface area contributed by atoms with E-state index < -0.39 is 0 Å². The van der Waals surface area contributed by atoms with E-state index in [-0.39, 0.29) is 0 Å². The van der Waals surface area contributed by atoms with Crippen LogP contribution >= 0.6 is 0 Å². The second-order valence-corrected chi connectivity index (χ2v) is 6.54. The monoisotopic (exact) mass is 262 g/mol. The van der Waals surface area contributed by atoms with Crippen molar-refractivity contribution in [3.05, 3.63) is 29.3 Å². The van der Waals surface area contributed by atoms with Crippen molar-refractivity contribution in [2.24, 2.45) is 11.1 Å². The fraction of sp³-hybridized carbons (Fsp3) is 0.647. The first-order chi connectivity index (χ1) is 8.85. The summed E-state index contributed by atoms with van der Waals surface area (Å²) in [7, 11) is 2.19. The maximum Gasteiger partial charge on any atom is 0.0393 e. The molecule has 0 bridgehead atoms. The van der Waals surface area contributed by atoms with Crippen LogP contribution < -0.4 is 10.6 Å². The molecule has 0 saturated heterocycles. The van der Waals surface area contributed by atoms with Crippen LogP contribution in [0.25, 0.3) is 0 Å². The Hall–Kier alpha value is -1.02. The van der Waals surface area contributed by atoms with Crippen molar-refractivity contribution in [2.45, 2.75) is 47.0 Å². The van der Waals surface area contributed by atoms with Crippen LogP contribution in [0.15, 0.2) is 18.2 Å². The number of rotatable bonds is 7. The van der Waals surface area contributed by atoms with E-state index in [0.717, 1.165) is 13.1 Å². The molecule has 0 atom stereocenters. The Kier molecular flexibility index (Phi) is 5.86. The van der Waals surface area contributed by atoms with E-state index in [1.807, 2.05) is 0 Å². The smallest absolute Gasteiger partial charge is 0.0393 e. The van der Waals surface area contributed by atoms with Crippen LogP contribution in [0.4, 0.5) is 5.69 Å². The predicted molar refractivity (Wildman–Crippen MR) is 85.9 cm³/mol. The molecule has 2 heteroatoms. The Labute approximate surface area is 119 Å². The third kappa shape index (κ3) is 5.23. The minimum atomic E-state index is 0.290. The minimum absolute atomic E-state index is 0.290. The van der Waals surface area contributed by atoms with Gasteiger partial charge in [0.1, 0.15) is 0 Å². The fourth-order valence-corrected chi connectivity index (χ4v) is 2.41. The Balaban J connectivity index is 2.41. The number of aryl methyl sites for hydroxylation is 2. The molecule has 2 N–H and O–H groups in total. The molecule has 108 valence electrons. The van der Waals surface area contributed by atoms with E-state index in [4.69, 9.17) is 5.73 Å². The molecule has 19 heavy (non-hydrogen) atoms. The predicted octanol–water partition coefficient (Wildman–Crippen LogP) is 3.89. The first-order valence-electron chi connectivity index (χ1n) is 7.34. The van der Waals surface area contributed by atoms with Crippen LogP contribution in [-0.4, -0.2) is 20.1 Å². The third-order valence-corrected chi connectivity index (χ3v) is 3.91. The SMILES string of the molecule is Cc1ccc(N(C)CCCCC(C)(C)CN)c(C)c1. The Morgan fingerprint density at radius 2 is 1.84 bits per heavy atom. The fourth-order valence-electron chi connectivity index (χ4n) is 2.41. The number of nitrogens with zero attached hydrogens (tertiary/aromatic N) is 1. The molecule has 1 aromatic rings. The molecule has 0 heterocycles. The third-order valence-electron chi connectivity index (χ3n) is 3.91. The number of hydrogen-bond acceptors (Lipinski definition) is 2. The molecule has 0 aliphatic rings. The molecule has 0 amide bonds. The maximum atomic E-state index is 5.76. The van der Waals surface area contributed by atoms with Gasteiger partial charge >= 0.3 is 0 Å². The van der Waals surface area contributed by atoms with E-state index in [1.54, 1.807) is 0 Å². The molecule has 0 unspecified atom stereocenters. The second-order valence-electron chi connectivity index (χ2n) is 6.54. The topological polar surface area (TPSA) is 29.3 Å². The molecule has 0 radical (unpaired) electrons. The van der Waals surface area contributed by atoms with Crippen LogP contribution in [0.2, 0.25) is 0 Å². The van der Waals surface area contributed by atoms with E-state index in [1.165, 1.54) is 36.1 Å². The number of nitrogens with two attached hydrogens (primary N) is 1. The van der Waals surface area contributed by atoms with Crippen molar-refractivity contribution in [3.8, 4) is 0 Å². The molecule has 0 spiro atoms. The van der Waals surface area contributed by atoms with E-state index >= 15 is 0 Å². The highest BCUT2D eigenvalue weighted by Crippen LogP contribution is 2.23.